The maximum atomic E-state index is 8.91. The second-order valence-electron chi connectivity index (χ2n) is 2.68. The molecule has 1 aromatic carbocycles. The molecule has 0 aliphatic rings. The molecule has 0 saturated carbocycles. The van der Waals surface area contributed by atoms with E-state index in [-0.39, 0.29) is 12.6 Å². The summed E-state index contributed by atoms with van der Waals surface area (Å²) in [4.78, 5) is 0. The Labute approximate surface area is 86.4 Å². The number of hydrogen-bond donors (Lipinski definition) is 2. The van der Waals surface area contributed by atoms with Crippen molar-refractivity contribution in [1.82, 2.24) is 0 Å². The van der Waals surface area contributed by atoms with Gasteiger partial charge >= 0.3 is 0 Å². The van der Waals surface area contributed by atoms with Gasteiger partial charge in [0.2, 0.25) is 0 Å². The summed E-state index contributed by atoms with van der Waals surface area (Å²) >= 11 is 3.37. The number of nitrogens with one attached hydrogen (secondary N) is 1. The molecule has 0 fully saturated rings. The van der Waals surface area contributed by atoms with Crippen molar-refractivity contribution in [2.45, 2.75) is 6.04 Å². The standard InChI is InChI=1S/C10H12BrNO/c1-2-9(7-13)12-10-5-3-4-8(11)6-10/h2-6,9,12-13H,1,7H2. The van der Waals surface area contributed by atoms with E-state index >= 15 is 0 Å². The van der Waals surface area contributed by atoms with E-state index in [9.17, 15) is 0 Å². The van der Waals surface area contributed by atoms with Crippen molar-refractivity contribution in [3.05, 3.63) is 41.4 Å². The molecule has 1 aromatic rings. The maximum Gasteiger partial charge on any atom is 0.0673 e. The van der Waals surface area contributed by atoms with Gasteiger partial charge in [-0.2, -0.15) is 0 Å². The highest BCUT2D eigenvalue weighted by atomic mass is 79.9. The number of rotatable bonds is 4. The topological polar surface area (TPSA) is 32.3 Å². The third kappa shape index (κ3) is 3.20. The van der Waals surface area contributed by atoms with E-state index in [4.69, 9.17) is 5.11 Å². The molecule has 0 amide bonds. The fraction of sp³-hybridized carbons (Fsp3) is 0.200. The van der Waals surface area contributed by atoms with Crippen LogP contribution in [0.2, 0.25) is 0 Å². The number of aliphatic hydroxyl groups is 1. The number of aliphatic hydroxyl groups excluding tert-OH is 1. The Kier molecular flexibility index (Phi) is 3.99. The van der Waals surface area contributed by atoms with E-state index < -0.39 is 0 Å². The average molecular weight is 242 g/mol. The first-order chi connectivity index (χ1) is 6.26. The van der Waals surface area contributed by atoms with Gasteiger partial charge in [0.25, 0.3) is 0 Å². The summed E-state index contributed by atoms with van der Waals surface area (Å²) in [6, 6.07) is 7.69. The van der Waals surface area contributed by atoms with E-state index in [1.54, 1.807) is 6.08 Å². The molecule has 13 heavy (non-hydrogen) atoms. The minimum Gasteiger partial charge on any atom is -0.394 e. The third-order valence-corrected chi connectivity index (χ3v) is 2.15. The zero-order valence-corrected chi connectivity index (χ0v) is 8.79. The Morgan fingerprint density at radius 2 is 2.38 bits per heavy atom. The summed E-state index contributed by atoms with van der Waals surface area (Å²) in [6.07, 6.45) is 1.68. The largest absolute Gasteiger partial charge is 0.394 e. The molecule has 0 spiro atoms. The van der Waals surface area contributed by atoms with Crippen LogP contribution in [0.1, 0.15) is 0 Å². The molecule has 3 heteroatoms. The lowest BCUT2D eigenvalue weighted by Gasteiger charge is -2.13. The molecule has 0 aromatic heterocycles. The lowest BCUT2D eigenvalue weighted by atomic mass is 10.2. The van der Waals surface area contributed by atoms with Crippen LogP contribution in [0.4, 0.5) is 5.69 Å². The van der Waals surface area contributed by atoms with Gasteiger partial charge in [0.15, 0.2) is 0 Å². The maximum absolute atomic E-state index is 8.91. The van der Waals surface area contributed by atoms with Crippen LogP contribution in [0.3, 0.4) is 0 Å². The van der Waals surface area contributed by atoms with E-state index in [0.29, 0.717) is 0 Å². The highest BCUT2D eigenvalue weighted by Crippen LogP contribution is 2.16. The average Bonchev–Trinajstić information content (AvgIpc) is 2.14. The van der Waals surface area contributed by atoms with E-state index in [2.05, 4.69) is 27.8 Å². The van der Waals surface area contributed by atoms with Crippen LogP contribution in [0.5, 0.6) is 0 Å². The number of halogens is 1. The van der Waals surface area contributed by atoms with Crippen LogP contribution >= 0.6 is 15.9 Å². The Morgan fingerprint density at radius 1 is 1.62 bits per heavy atom. The number of anilines is 1. The van der Waals surface area contributed by atoms with Crippen molar-refractivity contribution < 1.29 is 5.11 Å². The van der Waals surface area contributed by atoms with Gasteiger partial charge in [0.05, 0.1) is 12.6 Å². The molecule has 1 atom stereocenters. The Balaban J connectivity index is 2.67. The second-order valence-corrected chi connectivity index (χ2v) is 3.60. The lowest BCUT2D eigenvalue weighted by molar-refractivity contribution is 0.291. The Morgan fingerprint density at radius 3 is 2.92 bits per heavy atom. The van der Waals surface area contributed by atoms with Crippen molar-refractivity contribution in [2.75, 3.05) is 11.9 Å². The van der Waals surface area contributed by atoms with Gasteiger partial charge in [-0.25, -0.2) is 0 Å². The van der Waals surface area contributed by atoms with Crippen molar-refractivity contribution in [2.24, 2.45) is 0 Å². The molecule has 2 nitrogen and oxygen atoms in total. The van der Waals surface area contributed by atoms with Crippen LogP contribution in [-0.2, 0) is 0 Å². The SMILES string of the molecule is C=CC(CO)Nc1cccc(Br)c1. The second kappa shape index (κ2) is 5.04. The predicted molar refractivity (Wildman–Crippen MR) is 58.8 cm³/mol. The minimum atomic E-state index is -0.0886. The molecule has 0 heterocycles. The molecule has 1 unspecified atom stereocenters. The van der Waals surface area contributed by atoms with Gasteiger partial charge in [-0.15, -0.1) is 6.58 Å². The summed E-state index contributed by atoms with van der Waals surface area (Å²) in [5, 5.41) is 12.0. The normalized spacial score (nSPS) is 12.2. The smallest absolute Gasteiger partial charge is 0.0673 e. The molecule has 0 saturated heterocycles. The Bertz CT molecular complexity index is 288. The monoisotopic (exact) mass is 241 g/mol. The molecule has 1 rings (SSSR count). The van der Waals surface area contributed by atoms with Gasteiger partial charge in [-0.1, -0.05) is 28.1 Å². The summed E-state index contributed by atoms with van der Waals surface area (Å²) < 4.78 is 1.01. The van der Waals surface area contributed by atoms with Crippen LogP contribution in [-0.4, -0.2) is 17.8 Å². The van der Waals surface area contributed by atoms with Gasteiger partial charge < -0.3 is 10.4 Å². The van der Waals surface area contributed by atoms with Crippen molar-refractivity contribution >= 4 is 21.6 Å². The highest BCUT2D eigenvalue weighted by molar-refractivity contribution is 9.10. The molecule has 2 N–H and O–H groups in total. The first-order valence-electron chi connectivity index (χ1n) is 4.02. The first-order valence-corrected chi connectivity index (χ1v) is 4.81. The zero-order valence-electron chi connectivity index (χ0n) is 7.20. The quantitative estimate of drug-likeness (QED) is 0.794. The van der Waals surface area contributed by atoms with E-state index in [1.165, 1.54) is 0 Å². The summed E-state index contributed by atoms with van der Waals surface area (Å²) in [5.41, 5.74) is 0.966. The van der Waals surface area contributed by atoms with Crippen LogP contribution in [0, 0.1) is 0 Å². The molecule has 0 radical (unpaired) electrons. The molecular weight excluding hydrogens is 230 g/mol. The highest BCUT2D eigenvalue weighted by Gasteiger charge is 2.00. The predicted octanol–water partition coefficient (Wildman–Crippen LogP) is 2.41. The van der Waals surface area contributed by atoms with E-state index in [1.807, 2.05) is 24.3 Å². The van der Waals surface area contributed by atoms with Crippen molar-refractivity contribution in [3.63, 3.8) is 0 Å². The fourth-order valence-corrected chi connectivity index (χ4v) is 1.37. The molecular formula is C10H12BrNO. The molecule has 0 bridgehead atoms. The van der Waals surface area contributed by atoms with Crippen LogP contribution in [0.15, 0.2) is 41.4 Å². The summed E-state index contributed by atoms with van der Waals surface area (Å²) in [7, 11) is 0. The third-order valence-electron chi connectivity index (χ3n) is 1.66. The van der Waals surface area contributed by atoms with Gasteiger partial charge in [0.1, 0.15) is 0 Å². The molecule has 70 valence electrons. The van der Waals surface area contributed by atoms with Crippen molar-refractivity contribution in [3.8, 4) is 0 Å². The van der Waals surface area contributed by atoms with Crippen LogP contribution < -0.4 is 5.32 Å². The lowest BCUT2D eigenvalue weighted by Crippen LogP contribution is -2.20. The fourth-order valence-electron chi connectivity index (χ4n) is 0.971. The number of benzene rings is 1. The van der Waals surface area contributed by atoms with Gasteiger partial charge in [-0.3, -0.25) is 0 Å². The molecule has 0 aliphatic heterocycles. The summed E-state index contributed by atoms with van der Waals surface area (Å²) in [6.45, 7) is 3.67. The number of hydrogen-bond acceptors (Lipinski definition) is 2. The minimum absolute atomic E-state index is 0.0516. The van der Waals surface area contributed by atoms with Gasteiger partial charge in [-0.05, 0) is 18.2 Å². The zero-order chi connectivity index (χ0) is 9.68. The molecule has 0 aliphatic carbocycles. The first kappa shape index (κ1) is 10.3. The summed E-state index contributed by atoms with van der Waals surface area (Å²) in [5.74, 6) is 0. The van der Waals surface area contributed by atoms with E-state index in [0.717, 1.165) is 10.2 Å². The van der Waals surface area contributed by atoms with Gasteiger partial charge in [0, 0.05) is 10.2 Å². The van der Waals surface area contributed by atoms with Crippen LogP contribution in [0.25, 0.3) is 0 Å². The Hall–Kier alpha value is -0.800. The van der Waals surface area contributed by atoms with Crippen molar-refractivity contribution in [1.29, 1.82) is 0 Å².